The van der Waals surface area contributed by atoms with E-state index in [2.05, 4.69) is 33.5 Å². The number of benzene rings is 1. The average molecular weight is 397 g/mol. The highest BCUT2D eigenvalue weighted by atomic mass is 32.1. The molecule has 1 fully saturated rings. The molecule has 28 heavy (non-hydrogen) atoms. The van der Waals surface area contributed by atoms with Crippen LogP contribution in [-0.4, -0.2) is 52.6 Å². The molecule has 0 radical (unpaired) electrons. The first-order valence-electron chi connectivity index (χ1n) is 9.50. The van der Waals surface area contributed by atoms with Crippen molar-refractivity contribution in [3.63, 3.8) is 0 Å². The summed E-state index contributed by atoms with van der Waals surface area (Å²) in [6.07, 6.45) is 0.122. The van der Waals surface area contributed by atoms with Crippen molar-refractivity contribution in [1.82, 2.24) is 14.9 Å². The number of ether oxygens (including phenoxy) is 1. The van der Waals surface area contributed by atoms with Crippen molar-refractivity contribution in [3.05, 3.63) is 42.2 Å². The molecule has 2 atom stereocenters. The van der Waals surface area contributed by atoms with Crippen molar-refractivity contribution in [2.75, 3.05) is 25.0 Å². The zero-order valence-corrected chi connectivity index (χ0v) is 17.1. The Hall–Kier alpha value is -2.51. The molecule has 3 heterocycles. The number of hydrogen-bond acceptors (Lipinski definition) is 6. The van der Waals surface area contributed by atoms with E-state index >= 15 is 0 Å². The number of thiophene rings is 1. The molecule has 1 aromatic carbocycles. The van der Waals surface area contributed by atoms with Gasteiger partial charge >= 0.3 is 0 Å². The van der Waals surface area contributed by atoms with Crippen LogP contribution in [0.1, 0.15) is 19.7 Å². The van der Waals surface area contributed by atoms with Crippen LogP contribution in [0.4, 0.5) is 5.82 Å². The highest BCUT2D eigenvalue weighted by Gasteiger charge is 2.25. The van der Waals surface area contributed by atoms with Crippen molar-refractivity contribution in [1.29, 1.82) is 0 Å². The second kappa shape index (κ2) is 7.85. The number of fused-ring (bicyclic) bond motifs is 1. The van der Waals surface area contributed by atoms with Crippen LogP contribution in [0, 0.1) is 6.92 Å². The molecule has 0 aliphatic carbocycles. The van der Waals surface area contributed by atoms with Crippen molar-refractivity contribution in [2.24, 2.45) is 0 Å². The minimum atomic E-state index is 0.0601. The van der Waals surface area contributed by atoms with E-state index in [1.807, 2.05) is 43.9 Å². The number of rotatable bonds is 4. The molecule has 1 aliphatic heterocycles. The van der Waals surface area contributed by atoms with Crippen LogP contribution in [0.15, 0.2) is 36.4 Å². The van der Waals surface area contributed by atoms with Gasteiger partial charge in [0.25, 0.3) is 0 Å². The van der Waals surface area contributed by atoms with Gasteiger partial charge in [-0.2, -0.15) is 0 Å². The molecule has 4 rings (SSSR count). The lowest BCUT2D eigenvalue weighted by Gasteiger charge is -2.35. The largest absolute Gasteiger partial charge is 0.372 e. The number of hydrogen-bond donors (Lipinski definition) is 1. The summed E-state index contributed by atoms with van der Waals surface area (Å²) in [4.78, 5) is 25.7. The predicted molar refractivity (Wildman–Crippen MR) is 113 cm³/mol. The van der Waals surface area contributed by atoms with E-state index in [4.69, 9.17) is 4.74 Å². The summed E-state index contributed by atoms with van der Waals surface area (Å²) in [5.74, 6) is 1.46. The van der Waals surface area contributed by atoms with Crippen LogP contribution in [0.2, 0.25) is 0 Å². The van der Waals surface area contributed by atoms with Crippen LogP contribution < -0.4 is 5.32 Å². The van der Waals surface area contributed by atoms with Gasteiger partial charge in [-0.1, -0.05) is 30.3 Å². The Kier molecular flexibility index (Phi) is 5.28. The van der Waals surface area contributed by atoms with Crippen LogP contribution in [0.25, 0.3) is 20.7 Å². The summed E-state index contributed by atoms with van der Waals surface area (Å²) in [6, 6.07) is 12.3. The Morgan fingerprint density at radius 3 is 2.64 bits per heavy atom. The molecule has 0 bridgehead atoms. The highest BCUT2D eigenvalue weighted by molar-refractivity contribution is 7.21. The van der Waals surface area contributed by atoms with Gasteiger partial charge in [0.1, 0.15) is 16.5 Å². The smallest absolute Gasteiger partial charge is 0.242 e. The van der Waals surface area contributed by atoms with Gasteiger partial charge in [0.15, 0.2) is 0 Å². The number of anilines is 1. The molecule has 6 nitrogen and oxygen atoms in total. The molecule has 2 aromatic heterocycles. The third-order valence-electron chi connectivity index (χ3n) is 4.74. The van der Waals surface area contributed by atoms with Crippen molar-refractivity contribution >= 4 is 33.3 Å². The van der Waals surface area contributed by atoms with E-state index in [0.29, 0.717) is 24.7 Å². The number of nitrogens with one attached hydrogen (secondary N) is 1. The normalized spacial score (nSPS) is 19.8. The summed E-state index contributed by atoms with van der Waals surface area (Å²) in [6.45, 7) is 7.33. The fourth-order valence-corrected chi connectivity index (χ4v) is 4.64. The zero-order chi connectivity index (χ0) is 19.7. The van der Waals surface area contributed by atoms with E-state index in [9.17, 15) is 4.79 Å². The summed E-state index contributed by atoms with van der Waals surface area (Å²) in [5.41, 5.74) is 1.15. The van der Waals surface area contributed by atoms with Crippen molar-refractivity contribution in [3.8, 4) is 10.4 Å². The second-order valence-electron chi connectivity index (χ2n) is 7.22. The van der Waals surface area contributed by atoms with Crippen molar-refractivity contribution < 1.29 is 9.53 Å². The summed E-state index contributed by atoms with van der Waals surface area (Å²) >= 11 is 1.64. The quantitative estimate of drug-likeness (QED) is 0.728. The predicted octanol–water partition coefficient (Wildman–Crippen LogP) is 3.71. The van der Waals surface area contributed by atoms with Crippen LogP contribution in [0.3, 0.4) is 0 Å². The molecule has 146 valence electrons. The molecule has 0 saturated carbocycles. The third kappa shape index (κ3) is 4.00. The number of morpholine rings is 1. The Balaban J connectivity index is 1.55. The lowest BCUT2D eigenvalue weighted by Crippen LogP contribution is -2.49. The fraction of sp³-hybridized carbons (Fsp3) is 0.381. The lowest BCUT2D eigenvalue weighted by molar-refractivity contribution is -0.141. The minimum absolute atomic E-state index is 0.0601. The highest BCUT2D eigenvalue weighted by Crippen LogP contribution is 2.35. The maximum atomic E-state index is 12.7. The molecular formula is C21H24N4O2S. The van der Waals surface area contributed by atoms with Gasteiger partial charge in [0, 0.05) is 18.0 Å². The van der Waals surface area contributed by atoms with E-state index in [1.54, 1.807) is 11.3 Å². The molecule has 1 saturated heterocycles. The third-order valence-corrected chi connectivity index (χ3v) is 5.82. The summed E-state index contributed by atoms with van der Waals surface area (Å²) < 4.78 is 5.71. The molecule has 1 amide bonds. The molecule has 0 spiro atoms. The number of carbonyl (C=O) groups excluding carboxylic acids is 1. The Bertz CT molecular complexity index is 979. The summed E-state index contributed by atoms with van der Waals surface area (Å²) in [5, 5.41) is 4.19. The monoisotopic (exact) mass is 396 g/mol. The minimum Gasteiger partial charge on any atom is -0.372 e. The van der Waals surface area contributed by atoms with Gasteiger partial charge in [0.05, 0.1) is 24.1 Å². The van der Waals surface area contributed by atoms with Crippen molar-refractivity contribution in [2.45, 2.75) is 33.0 Å². The van der Waals surface area contributed by atoms with E-state index in [0.717, 1.165) is 20.7 Å². The molecular weight excluding hydrogens is 372 g/mol. The number of nitrogens with zero attached hydrogens (tertiary/aromatic N) is 3. The van der Waals surface area contributed by atoms with E-state index in [-0.39, 0.29) is 24.7 Å². The Morgan fingerprint density at radius 1 is 1.21 bits per heavy atom. The first kappa shape index (κ1) is 18.8. The maximum absolute atomic E-state index is 12.7. The molecule has 7 heteroatoms. The topological polar surface area (TPSA) is 67.4 Å². The molecule has 1 aliphatic rings. The van der Waals surface area contributed by atoms with Crippen LogP contribution >= 0.6 is 11.3 Å². The zero-order valence-electron chi connectivity index (χ0n) is 16.3. The first-order valence-corrected chi connectivity index (χ1v) is 10.3. The Labute approximate surface area is 168 Å². The van der Waals surface area contributed by atoms with Gasteiger partial charge in [-0.25, -0.2) is 9.97 Å². The standard InChI is InChI=1S/C21H24N4O2S/c1-13-11-25(12-14(2)27-13)19(26)10-22-20-17-9-18(16-7-5-4-6-8-16)28-21(17)24-15(3)23-20/h4-9,13-14H,10-12H2,1-3H3,(H,22,23,24). The number of amides is 1. The first-order chi connectivity index (χ1) is 13.5. The molecule has 3 aromatic rings. The average Bonchev–Trinajstić information content (AvgIpc) is 3.09. The van der Waals surface area contributed by atoms with Crippen LogP contribution in [0.5, 0.6) is 0 Å². The Morgan fingerprint density at radius 2 is 1.93 bits per heavy atom. The number of carbonyl (C=O) groups is 1. The van der Waals surface area contributed by atoms with E-state index in [1.165, 1.54) is 0 Å². The van der Waals surface area contributed by atoms with Gasteiger partial charge in [-0.15, -0.1) is 11.3 Å². The van der Waals surface area contributed by atoms with Gasteiger partial charge in [-0.05, 0) is 32.4 Å². The van der Waals surface area contributed by atoms with E-state index < -0.39 is 0 Å². The summed E-state index contributed by atoms with van der Waals surface area (Å²) in [7, 11) is 0. The van der Waals surface area contributed by atoms with Crippen LogP contribution in [-0.2, 0) is 9.53 Å². The van der Waals surface area contributed by atoms with Gasteiger partial charge in [0.2, 0.25) is 5.91 Å². The maximum Gasteiger partial charge on any atom is 0.242 e. The SMILES string of the molecule is Cc1nc(NCC(=O)N2CC(C)OC(C)C2)c2cc(-c3ccccc3)sc2n1. The lowest BCUT2D eigenvalue weighted by atomic mass is 10.2. The number of aryl methyl sites for hydroxylation is 1. The fourth-order valence-electron chi connectivity index (χ4n) is 3.56. The molecule has 1 N–H and O–H groups in total. The van der Waals surface area contributed by atoms with Gasteiger partial charge < -0.3 is 15.0 Å². The second-order valence-corrected chi connectivity index (χ2v) is 8.26. The number of aromatic nitrogens is 2. The molecule has 2 unspecified atom stereocenters. The van der Waals surface area contributed by atoms with Gasteiger partial charge in [-0.3, -0.25) is 4.79 Å².